The third kappa shape index (κ3) is 3.16. The van der Waals surface area contributed by atoms with Gasteiger partial charge in [-0.05, 0) is 32.1 Å². The second-order valence-electron chi connectivity index (χ2n) is 4.82. The van der Waals surface area contributed by atoms with E-state index in [1.165, 1.54) is 0 Å². The van der Waals surface area contributed by atoms with Crippen molar-refractivity contribution in [3.05, 3.63) is 0 Å². The average Bonchev–Trinajstić information content (AvgIpc) is 2.63. The molecule has 1 aliphatic carbocycles. The van der Waals surface area contributed by atoms with Crippen LogP contribution in [0.2, 0.25) is 0 Å². The van der Waals surface area contributed by atoms with Gasteiger partial charge in [-0.1, -0.05) is 0 Å². The van der Waals surface area contributed by atoms with Crippen LogP contribution in [0.15, 0.2) is 0 Å². The molecule has 0 aromatic carbocycles. The van der Waals surface area contributed by atoms with E-state index in [4.69, 9.17) is 4.74 Å². The van der Waals surface area contributed by atoms with Gasteiger partial charge in [-0.3, -0.25) is 0 Å². The smallest absolute Gasteiger partial charge is 0.214 e. The number of nitrogens with one attached hydrogen (secondary N) is 1. The van der Waals surface area contributed by atoms with Crippen molar-refractivity contribution in [2.45, 2.75) is 43.8 Å². The van der Waals surface area contributed by atoms with Crippen LogP contribution in [0.25, 0.3) is 0 Å². The predicted molar refractivity (Wildman–Crippen MR) is 59.6 cm³/mol. The molecule has 1 aliphatic heterocycles. The summed E-state index contributed by atoms with van der Waals surface area (Å²) in [4.78, 5) is 0. The van der Waals surface area contributed by atoms with Crippen molar-refractivity contribution in [2.24, 2.45) is 0 Å². The largest absolute Gasteiger partial charge is 0.389 e. The topological polar surface area (TPSA) is 75.6 Å². The van der Waals surface area contributed by atoms with Gasteiger partial charge in [0.15, 0.2) is 0 Å². The van der Waals surface area contributed by atoms with E-state index in [-0.39, 0.29) is 18.4 Å². The van der Waals surface area contributed by atoms with E-state index in [2.05, 4.69) is 4.72 Å². The van der Waals surface area contributed by atoms with Crippen LogP contribution >= 0.6 is 0 Å². The first-order valence-corrected chi connectivity index (χ1v) is 7.46. The SMILES string of the molecule is O=S(=O)(CC1CCCO1)NCC1(O)CCC1. The Morgan fingerprint density at radius 1 is 1.38 bits per heavy atom. The van der Waals surface area contributed by atoms with Crippen molar-refractivity contribution in [2.75, 3.05) is 18.9 Å². The zero-order valence-corrected chi connectivity index (χ0v) is 10.1. The fourth-order valence-corrected chi connectivity index (χ4v) is 3.44. The van der Waals surface area contributed by atoms with Crippen molar-refractivity contribution >= 4 is 10.0 Å². The molecule has 2 aliphatic rings. The molecule has 0 aromatic rings. The van der Waals surface area contributed by atoms with Gasteiger partial charge in [0.05, 0.1) is 17.5 Å². The summed E-state index contributed by atoms with van der Waals surface area (Å²) in [5.41, 5.74) is -0.802. The molecule has 0 radical (unpaired) electrons. The lowest BCUT2D eigenvalue weighted by molar-refractivity contribution is -0.0271. The van der Waals surface area contributed by atoms with Crippen molar-refractivity contribution in [3.8, 4) is 0 Å². The molecule has 1 saturated carbocycles. The third-order valence-electron chi connectivity index (χ3n) is 3.33. The molecule has 5 nitrogen and oxygen atoms in total. The van der Waals surface area contributed by atoms with Crippen LogP contribution in [0.1, 0.15) is 32.1 Å². The third-order valence-corrected chi connectivity index (χ3v) is 4.73. The molecule has 0 bridgehead atoms. The van der Waals surface area contributed by atoms with Gasteiger partial charge in [0.1, 0.15) is 0 Å². The molecule has 0 spiro atoms. The Hall–Kier alpha value is -0.170. The maximum Gasteiger partial charge on any atom is 0.214 e. The van der Waals surface area contributed by atoms with Gasteiger partial charge in [0.2, 0.25) is 10.0 Å². The van der Waals surface area contributed by atoms with E-state index in [9.17, 15) is 13.5 Å². The number of hydrogen-bond donors (Lipinski definition) is 2. The van der Waals surface area contributed by atoms with Crippen LogP contribution in [0.4, 0.5) is 0 Å². The molecule has 16 heavy (non-hydrogen) atoms. The first-order chi connectivity index (χ1) is 7.49. The lowest BCUT2D eigenvalue weighted by Crippen LogP contribution is -2.48. The summed E-state index contributed by atoms with van der Waals surface area (Å²) in [5, 5.41) is 9.78. The maximum atomic E-state index is 11.7. The van der Waals surface area contributed by atoms with E-state index in [0.29, 0.717) is 19.4 Å². The molecule has 6 heteroatoms. The normalized spacial score (nSPS) is 28.9. The molecule has 2 fully saturated rings. The summed E-state index contributed by atoms with van der Waals surface area (Å²) in [5.74, 6) is 0.0169. The molecule has 2 N–H and O–H groups in total. The number of rotatable bonds is 5. The van der Waals surface area contributed by atoms with E-state index in [0.717, 1.165) is 19.3 Å². The molecule has 1 saturated heterocycles. The molecular formula is C10H19NO4S. The summed E-state index contributed by atoms with van der Waals surface area (Å²) in [7, 11) is -3.31. The summed E-state index contributed by atoms with van der Waals surface area (Å²) in [6.07, 6.45) is 3.93. The Morgan fingerprint density at radius 2 is 2.12 bits per heavy atom. The van der Waals surface area contributed by atoms with Gasteiger partial charge in [0, 0.05) is 13.2 Å². The quantitative estimate of drug-likeness (QED) is 0.719. The van der Waals surface area contributed by atoms with Gasteiger partial charge in [0.25, 0.3) is 0 Å². The second-order valence-corrected chi connectivity index (χ2v) is 6.67. The minimum absolute atomic E-state index is 0.0169. The highest BCUT2D eigenvalue weighted by Gasteiger charge is 2.35. The van der Waals surface area contributed by atoms with E-state index in [1.807, 2.05) is 0 Å². The highest BCUT2D eigenvalue weighted by molar-refractivity contribution is 7.89. The molecule has 0 aromatic heterocycles. The van der Waals surface area contributed by atoms with E-state index in [1.54, 1.807) is 0 Å². The standard InChI is InChI=1S/C10H19NO4S/c12-10(4-2-5-10)8-11-16(13,14)7-9-3-1-6-15-9/h9,11-12H,1-8H2. The highest BCUT2D eigenvalue weighted by atomic mass is 32.2. The van der Waals surface area contributed by atoms with Gasteiger partial charge in [-0.2, -0.15) is 0 Å². The zero-order valence-electron chi connectivity index (χ0n) is 9.31. The second kappa shape index (κ2) is 4.60. The maximum absolute atomic E-state index is 11.7. The Balaban J connectivity index is 1.78. The molecule has 2 rings (SSSR count). The Morgan fingerprint density at radius 3 is 2.62 bits per heavy atom. The Bertz CT molecular complexity index is 331. The lowest BCUT2D eigenvalue weighted by atomic mass is 9.81. The Labute approximate surface area is 96.2 Å². The van der Waals surface area contributed by atoms with E-state index < -0.39 is 15.6 Å². The van der Waals surface area contributed by atoms with Crippen LogP contribution in [0.3, 0.4) is 0 Å². The molecule has 1 unspecified atom stereocenters. The van der Waals surface area contributed by atoms with Crippen LogP contribution in [0.5, 0.6) is 0 Å². The van der Waals surface area contributed by atoms with Crippen LogP contribution in [-0.2, 0) is 14.8 Å². The molecule has 94 valence electrons. The van der Waals surface area contributed by atoms with Crippen LogP contribution in [-0.4, -0.2) is 44.1 Å². The zero-order chi connectivity index (χ0) is 11.6. The predicted octanol–water partition coefficient (Wildman–Crippen LogP) is -0.000200. The van der Waals surface area contributed by atoms with Crippen molar-refractivity contribution in [3.63, 3.8) is 0 Å². The lowest BCUT2D eigenvalue weighted by Gasteiger charge is -2.36. The van der Waals surface area contributed by atoms with E-state index >= 15 is 0 Å². The minimum Gasteiger partial charge on any atom is -0.389 e. The number of ether oxygens (including phenoxy) is 1. The summed E-state index contributed by atoms with van der Waals surface area (Å²) in [6.45, 7) is 0.798. The van der Waals surface area contributed by atoms with Crippen LogP contribution in [0, 0.1) is 0 Å². The van der Waals surface area contributed by atoms with Gasteiger partial charge in [-0.15, -0.1) is 0 Å². The van der Waals surface area contributed by atoms with Crippen molar-refractivity contribution in [1.82, 2.24) is 4.72 Å². The van der Waals surface area contributed by atoms with Gasteiger partial charge < -0.3 is 9.84 Å². The molecule has 1 atom stereocenters. The number of aliphatic hydroxyl groups is 1. The first kappa shape index (κ1) is 12.3. The van der Waals surface area contributed by atoms with Crippen LogP contribution < -0.4 is 4.72 Å². The first-order valence-electron chi connectivity index (χ1n) is 5.80. The van der Waals surface area contributed by atoms with Gasteiger partial charge >= 0.3 is 0 Å². The summed E-state index contributed by atoms with van der Waals surface area (Å²) < 4.78 is 31.1. The average molecular weight is 249 g/mol. The van der Waals surface area contributed by atoms with Gasteiger partial charge in [-0.25, -0.2) is 13.1 Å². The Kier molecular flexibility index (Phi) is 3.53. The summed E-state index contributed by atoms with van der Waals surface area (Å²) in [6, 6.07) is 0. The fraction of sp³-hybridized carbons (Fsp3) is 1.00. The molecular weight excluding hydrogens is 230 g/mol. The number of sulfonamides is 1. The monoisotopic (exact) mass is 249 g/mol. The number of hydrogen-bond acceptors (Lipinski definition) is 4. The minimum atomic E-state index is -3.31. The highest BCUT2D eigenvalue weighted by Crippen LogP contribution is 2.30. The summed E-state index contributed by atoms with van der Waals surface area (Å²) >= 11 is 0. The molecule has 0 amide bonds. The fourth-order valence-electron chi connectivity index (χ4n) is 2.09. The van der Waals surface area contributed by atoms with Crippen molar-refractivity contribution in [1.29, 1.82) is 0 Å². The molecule has 1 heterocycles. The van der Waals surface area contributed by atoms with Crippen molar-refractivity contribution < 1.29 is 18.3 Å².